The lowest BCUT2D eigenvalue weighted by atomic mass is 10.1. The van der Waals surface area contributed by atoms with Gasteiger partial charge in [0, 0.05) is 31.7 Å². The molecule has 7 nitrogen and oxygen atoms in total. The van der Waals surface area contributed by atoms with Crippen LogP contribution in [0.1, 0.15) is 24.0 Å². The van der Waals surface area contributed by atoms with Crippen LogP contribution in [-0.2, 0) is 16.1 Å². The molecule has 2 heterocycles. The van der Waals surface area contributed by atoms with E-state index >= 15 is 0 Å². The van der Waals surface area contributed by atoms with Crippen molar-refractivity contribution >= 4 is 12.0 Å². The van der Waals surface area contributed by atoms with Gasteiger partial charge in [-0.05, 0) is 37.1 Å². The number of carbonyl (C=O) groups is 1. The predicted octanol–water partition coefficient (Wildman–Crippen LogP) is 1.80. The quantitative estimate of drug-likeness (QED) is 0.751. The summed E-state index contributed by atoms with van der Waals surface area (Å²) < 4.78 is 10.7. The first-order valence-corrected chi connectivity index (χ1v) is 9.42. The highest BCUT2D eigenvalue weighted by Gasteiger charge is 2.29. The molecule has 0 radical (unpaired) electrons. The molecule has 7 heteroatoms. The summed E-state index contributed by atoms with van der Waals surface area (Å²) in [6.07, 6.45) is 5.56. The molecule has 1 atom stereocenters. The Balaban J connectivity index is 1.70. The third kappa shape index (κ3) is 5.00. The molecular weight excluding hydrogens is 348 g/mol. The lowest BCUT2D eigenvalue weighted by Gasteiger charge is -2.27. The van der Waals surface area contributed by atoms with Gasteiger partial charge in [-0.3, -0.25) is 14.6 Å². The summed E-state index contributed by atoms with van der Waals surface area (Å²) in [6, 6.07) is 3.37. The van der Waals surface area contributed by atoms with Gasteiger partial charge >= 0.3 is 5.97 Å². The number of hydrogen-bond donors (Lipinski definition) is 2. The van der Waals surface area contributed by atoms with Gasteiger partial charge < -0.3 is 19.7 Å². The average Bonchev–Trinajstić information content (AvgIpc) is 3.14. The molecular formula is C20H28N2O5. The summed E-state index contributed by atoms with van der Waals surface area (Å²) in [4.78, 5) is 15.5. The van der Waals surface area contributed by atoms with Crippen molar-refractivity contribution in [3.8, 4) is 11.5 Å². The van der Waals surface area contributed by atoms with Crippen LogP contribution in [0.25, 0.3) is 6.08 Å². The van der Waals surface area contributed by atoms with E-state index < -0.39 is 5.97 Å². The Morgan fingerprint density at radius 2 is 2.11 bits per heavy atom. The monoisotopic (exact) mass is 376 g/mol. The summed E-state index contributed by atoms with van der Waals surface area (Å²) in [5.74, 6) is -0.128. The number of hydrogen-bond acceptors (Lipinski definition) is 6. The van der Waals surface area contributed by atoms with E-state index in [1.54, 1.807) is 13.2 Å². The number of phenolic OH excluding ortho intramolecular Hbond substituents is 1. The molecule has 1 aromatic carbocycles. The van der Waals surface area contributed by atoms with Crippen molar-refractivity contribution < 1.29 is 24.5 Å². The van der Waals surface area contributed by atoms with Gasteiger partial charge in [0.2, 0.25) is 0 Å². The number of carboxylic acid groups (broad SMARTS) is 1. The molecule has 2 saturated heterocycles. The smallest absolute Gasteiger partial charge is 0.320 e. The van der Waals surface area contributed by atoms with E-state index in [-0.39, 0.29) is 11.8 Å². The summed E-state index contributed by atoms with van der Waals surface area (Å²) >= 11 is 0. The molecule has 0 saturated carbocycles. The Labute approximate surface area is 159 Å². The van der Waals surface area contributed by atoms with Gasteiger partial charge in [0.1, 0.15) is 6.04 Å². The van der Waals surface area contributed by atoms with Crippen molar-refractivity contribution in [2.45, 2.75) is 25.4 Å². The van der Waals surface area contributed by atoms with Crippen molar-refractivity contribution in [3.05, 3.63) is 29.3 Å². The average molecular weight is 376 g/mol. The van der Waals surface area contributed by atoms with Gasteiger partial charge in [-0.25, -0.2) is 0 Å². The normalized spacial score (nSPS) is 21.7. The second-order valence-electron chi connectivity index (χ2n) is 7.01. The number of aromatic hydroxyl groups is 1. The zero-order chi connectivity index (χ0) is 19.2. The third-order valence-corrected chi connectivity index (χ3v) is 5.19. The SMILES string of the molecule is COc1cc(C=CCN2CCC[C@H]2C(=O)O)cc(CN2CCOCC2)c1O. The Bertz CT molecular complexity index is 685. The van der Waals surface area contributed by atoms with Crippen LogP contribution in [0, 0.1) is 0 Å². The Morgan fingerprint density at radius 3 is 2.81 bits per heavy atom. The first-order valence-electron chi connectivity index (χ1n) is 9.42. The molecule has 0 bridgehead atoms. The molecule has 0 unspecified atom stereocenters. The van der Waals surface area contributed by atoms with Gasteiger partial charge in [-0.2, -0.15) is 0 Å². The zero-order valence-corrected chi connectivity index (χ0v) is 15.8. The van der Waals surface area contributed by atoms with Crippen LogP contribution in [0.15, 0.2) is 18.2 Å². The van der Waals surface area contributed by atoms with Crippen molar-refractivity contribution in [1.29, 1.82) is 0 Å². The second kappa shape index (κ2) is 9.21. The van der Waals surface area contributed by atoms with Gasteiger partial charge in [-0.15, -0.1) is 0 Å². The molecule has 2 N–H and O–H groups in total. The number of benzene rings is 1. The lowest BCUT2D eigenvalue weighted by molar-refractivity contribution is -0.141. The standard InChI is InChI=1S/C20H28N2O5/c1-26-18-13-15(4-2-6-22-7-3-5-17(22)20(24)25)12-16(19(18)23)14-21-8-10-27-11-9-21/h2,4,12-13,17,23H,3,5-11,14H2,1H3,(H,24,25)/t17-/m0/s1. The second-order valence-corrected chi connectivity index (χ2v) is 7.01. The summed E-state index contributed by atoms with van der Waals surface area (Å²) in [5.41, 5.74) is 1.75. The molecule has 3 rings (SSSR count). The minimum atomic E-state index is -0.750. The summed E-state index contributed by atoms with van der Waals surface area (Å²) in [6.45, 7) is 5.14. The number of likely N-dealkylation sites (tertiary alicyclic amines) is 1. The van der Waals surface area contributed by atoms with E-state index in [1.807, 2.05) is 23.1 Å². The van der Waals surface area contributed by atoms with Gasteiger partial charge in [0.25, 0.3) is 0 Å². The highest BCUT2D eigenvalue weighted by Crippen LogP contribution is 2.33. The minimum Gasteiger partial charge on any atom is -0.504 e. The molecule has 148 valence electrons. The molecule has 2 aliphatic heterocycles. The van der Waals surface area contributed by atoms with Crippen molar-refractivity contribution in [1.82, 2.24) is 9.80 Å². The molecule has 0 amide bonds. The van der Waals surface area contributed by atoms with Crippen LogP contribution in [0.5, 0.6) is 11.5 Å². The van der Waals surface area contributed by atoms with E-state index in [2.05, 4.69) is 4.90 Å². The van der Waals surface area contributed by atoms with Crippen LogP contribution in [0.3, 0.4) is 0 Å². The van der Waals surface area contributed by atoms with Gasteiger partial charge in [0.05, 0.1) is 20.3 Å². The topological polar surface area (TPSA) is 82.5 Å². The Hall–Kier alpha value is -2.09. The fraction of sp³-hybridized carbons (Fsp3) is 0.550. The maximum Gasteiger partial charge on any atom is 0.320 e. The predicted molar refractivity (Wildman–Crippen MR) is 102 cm³/mol. The minimum absolute atomic E-state index is 0.173. The van der Waals surface area contributed by atoms with E-state index in [4.69, 9.17) is 9.47 Å². The van der Waals surface area contributed by atoms with Crippen molar-refractivity contribution in [2.75, 3.05) is 46.5 Å². The fourth-order valence-electron chi connectivity index (χ4n) is 3.71. The molecule has 0 aliphatic carbocycles. The number of nitrogens with zero attached hydrogens (tertiary/aromatic N) is 2. The summed E-state index contributed by atoms with van der Waals surface area (Å²) in [5, 5.41) is 19.7. The van der Waals surface area contributed by atoms with Crippen molar-refractivity contribution in [2.24, 2.45) is 0 Å². The number of ether oxygens (including phenoxy) is 2. The van der Waals surface area contributed by atoms with Gasteiger partial charge in [-0.1, -0.05) is 12.2 Å². The highest BCUT2D eigenvalue weighted by molar-refractivity contribution is 5.73. The van der Waals surface area contributed by atoms with Crippen LogP contribution in [0.2, 0.25) is 0 Å². The Morgan fingerprint density at radius 1 is 1.33 bits per heavy atom. The molecule has 27 heavy (non-hydrogen) atoms. The highest BCUT2D eigenvalue weighted by atomic mass is 16.5. The van der Waals surface area contributed by atoms with E-state index in [9.17, 15) is 15.0 Å². The number of phenols is 1. The van der Waals surface area contributed by atoms with Crippen LogP contribution >= 0.6 is 0 Å². The maximum atomic E-state index is 11.3. The van der Waals surface area contributed by atoms with Crippen LogP contribution < -0.4 is 4.74 Å². The Kier molecular flexibility index (Phi) is 6.71. The van der Waals surface area contributed by atoms with E-state index in [1.165, 1.54) is 0 Å². The lowest BCUT2D eigenvalue weighted by Crippen LogP contribution is -2.35. The number of rotatable bonds is 7. The van der Waals surface area contributed by atoms with Crippen LogP contribution in [-0.4, -0.2) is 78.5 Å². The fourth-order valence-corrected chi connectivity index (χ4v) is 3.71. The van der Waals surface area contributed by atoms with E-state index in [0.29, 0.717) is 38.5 Å². The number of carboxylic acids is 1. The molecule has 2 fully saturated rings. The molecule has 0 spiro atoms. The molecule has 0 aromatic heterocycles. The maximum absolute atomic E-state index is 11.3. The van der Waals surface area contributed by atoms with E-state index in [0.717, 1.165) is 37.2 Å². The third-order valence-electron chi connectivity index (χ3n) is 5.19. The number of aliphatic carboxylic acids is 1. The molecule has 2 aliphatic rings. The van der Waals surface area contributed by atoms with Crippen molar-refractivity contribution in [3.63, 3.8) is 0 Å². The van der Waals surface area contributed by atoms with Gasteiger partial charge in [0.15, 0.2) is 11.5 Å². The molecule has 1 aromatic rings. The largest absolute Gasteiger partial charge is 0.504 e. The number of morpholine rings is 1. The first-order chi connectivity index (χ1) is 13.1. The zero-order valence-electron chi connectivity index (χ0n) is 15.8. The summed E-state index contributed by atoms with van der Waals surface area (Å²) in [7, 11) is 1.54. The van der Waals surface area contributed by atoms with Crippen LogP contribution in [0.4, 0.5) is 0 Å². The number of methoxy groups -OCH3 is 1. The first kappa shape index (κ1) is 19.7.